The highest BCUT2D eigenvalue weighted by molar-refractivity contribution is 5.92. The lowest BCUT2D eigenvalue weighted by Gasteiger charge is -2.29. The van der Waals surface area contributed by atoms with Gasteiger partial charge in [-0.05, 0) is 44.9 Å². The Morgan fingerprint density at radius 1 is 1.48 bits per heavy atom. The van der Waals surface area contributed by atoms with Crippen LogP contribution < -0.4 is 10.6 Å². The van der Waals surface area contributed by atoms with Gasteiger partial charge >= 0.3 is 6.09 Å². The third-order valence-corrected chi connectivity index (χ3v) is 3.57. The van der Waals surface area contributed by atoms with Gasteiger partial charge in [-0.2, -0.15) is 5.26 Å². The molecule has 23 heavy (non-hydrogen) atoms. The highest BCUT2D eigenvalue weighted by Gasteiger charge is 2.44. The molecule has 1 fully saturated rings. The second-order valence-electron chi connectivity index (χ2n) is 6.70. The molecule has 1 aliphatic rings. The number of nitriles is 1. The maximum atomic E-state index is 12.3. The van der Waals surface area contributed by atoms with Crippen LogP contribution in [0, 0.1) is 11.3 Å². The van der Waals surface area contributed by atoms with E-state index in [2.05, 4.69) is 16.7 Å². The summed E-state index contributed by atoms with van der Waals surface area (Å²) in [7, 11) is 0. The molecule has 6 nitrogen and oxygen atoms in total. The zero-order valence-corrected chi connectivity index (χ0v) is 13.6. The van der Waals surface area contributed by atoms with E-state index < -0.39 is 17.2 Å². The Morgan fingerprint density at radius 2 is 2.22 bits per heavy atom. The second-order valence-corrected chi connectivity index (χ2v) is 6.70. The van der Waals surface area contributed by atoms with Crippen molar-refractivity contribution in [3.8, 4) is 6.07 Å². The highest BCUT2D eigenvalue weighted by Crippen LogP contribution is 2.23. The van der Waals surface area contributed by atoms with Gasteiger partial charge in [-0.1, -0.05) is 12.1 Å². The largest absolute Gasteiger partial charge is 0.444 e. The summed E-state index contributed by atoms with van der Waals surface area (Å²) in [6, 6.07) is 9.11. The Kier molecular flexibility index (Phi) is 4.60. The molecule has 1 aliphatic heterocycles. The van der Waals surface area contributed by atoms with Crippen molar-refractivity contribution in [3.05, 3.63) is 35.4 Å². The molecule has 122 valence electrons. The lowest BCUT2D eigenvalue weighted by atomic mass is 9.89. The number of benzene rings is 1. The number of carbonyl (C=O) groups excluding carboxylic acids is 2. The summed E-state index contributed by atoms with van der Waals surface area (Å²) in [6.07, 6.45) is 0.168. The monoisotopic (exact) mass is 315 g/mol. The first-order chi connectivity index (χ1) is 10.7. The van der Waals surface area contributed by atoms with Crippen LogP contribution in [0.25, 0.3) is 0 Å². The second kappa shape index (κ2) is 6.29. The minimum absolute atomic E-state index is 0.231. The zero-order valence-electron chi connectivity index (χ0n) is 13.6. The summed E-state index contributed by atoms with van der Waals surface area (Å²) in [6.45, 7) is 5.80. The molecule has 1 saturated heterocycles. The van der Waals surface area contributed by atoms with Gasteiger partial charge in [-0.15, -0.1) is 0 Å². The van der Waals surface area contributed by atoms with Crippen molar-refractivity contribution >= 4 is 12.0 Å². The molecule has 0 bridgehead atoms. The highest BCUT2D eigenvalue weighted by atomic mass is 16.6. The first-order valence-corrected chi connectivity index (χ1v) is 7.53. The molecule has 0 spiro atoms. The Balaban J connectivity index is 2.21. The van der Waals surface area contributed by atoms with E-state index >= 15 is 0 Å². The topological polar surface area (TPSA) is 91.2 Å². The van der Waals surface area contributed by atoms with E-state index in [-0.39, 0.29) is 5.91 Å². The average Bonchev–Trinajstić information content (AvgIpc) is 2.77. The van der Waals surface area contributed by atoms with Crippen LogP contribution in [0.4, 0.5) is 4.79 Å². The van der Waals surface area contributed by atoms with Crippen LogP contribution in [0.1, 0.15) is 38.3 Å². The number of nitrogens with one attached hydrogen (secondary N) is 2. The number of ether oxygens (including phenoxy) is 1. The summed E-state index contributed by atoms with van der Waals surface area (Å²) in [5.41, 5.74) is -0.345. The van der Waals surface area contributed by atoms with Crippen LogP contribution in [0.2, 0.25) is 0 Å². The predicted molar refractivity (Wildman–Crippen MR) is 84.6 cm³/mol. The molecule has 2 N–H and O–H groups in total. The van der Waals surface area contributed by atoms with Gasteiger partial charge in [-0.3, -0.25) is 4.79 Å². The van der Waals surface area contributed by atoms with Gasteiger partial charge in [0.05, 0.1) is 11.6 Å². The Hall–Kier alpha value is -2.55. The number of hydrogen-bond donors (Lipinski definition) is 2. The van der Waals surface area contributed by atoms with Gasteiger partial charge in [0, 0.05) is 13.0 Å². The molecule has 2 amide bonds. The van der Waals surface area contributed by atoms with Gasteiger partial charge < -0.3 is 15.4 Å². The minimum Gasteiger partial charge on any atom is -0.444 e. The first-order valence-electron chi connectivity index (χ1n) is 7.53. The summed E-state index contributed by atoms with van der Waals surface area (Å²) in [4.78, 5) is 24.4. The maximum Gasteiger partial charge on any atom is 0.408 e. The summed E-state index contributed by atoms with van der Waals surface area (Å²) in [5.74, 6) is -0.231. The van der Waals surface area contributed by atoms with Crippen molar-refractivity contribution in [1.82, 2.24) is 10.6 Å². The molecule has 0 saturated carbocycles. The smallest absolute Gasteiger partial charge is 0.408 e. The fraction of sp³-hybridized carbons (Fsp3) is 0.471. The van der Waals surface area contributed by atoms with Crippen LogP contribution in [0.3, 0.4) is 0 Å². The molecule has 1 aromatic rings. The van der Waals surface area contributed by atoms with Crippen molar-refractivity contribution < 1.29 is 14.3 Å². The Morgan fingerprint density at radius 3 is 2.78 bits per heavy atom. The lowest BCUT2D eigenvalue weighted by molar-refractivity contribution is -0.124. The number of carbonyl (C=O) groups is 2. The third kappa shape index (κ3) is 4.22. The molecular formula is C17H21N3O3. The normalized spacial score (nSPS) is 20.5. The minimum atomic E-state index is -1.05. The molecule has 2 rings (SSSR count). The fourth-order valence-electron chi connectivity index (χ4n) is 2.60. The molecule has 1 atom stereocenters. The molecule has 0 unspecified atom stereocenters. The summed E-state index contributed by atoms with van der Waals surface area (Å²) >= 11 is 0. The standard InChI is InChI=1S/C17H21N3O3/c1-16(2,3)23-15(22)20-17(7-8-19-14(17)21)10-12-5-4-6-13(9-12)11-18/h4-6,9H,7-8,10H2,1-3H3,(H,19,21)(H,20,22)/t17-/m1/s1. The quantitative estimate of drug-likeness (QED) is 0.891. The van der Waals surface area contributed by atoms with Gasteiger partial charge in [0.2, 0.25) is 5.91 Å². The summed E-state index contributed by atoms with van der Waals surface area (Å²) in [5, 5.41) is 14.5. The van der Waals surface area contributed by atoms with E-state index in [0.29, 0.717) is 24.9 Å². The number of amides is 2. The molecule has 6 heteroatoms. The SMILES string of the molecule is CC(C)(C)OC(=O)N[C@@]1(Cc2cccc(C#N)c2)CCNC1=O. The van der Waals surface area contributed by atoms with E-state index in [9.17, 15) is 9.59 Å². The average molecular weight is 315 g/mol. The molecule has 0 aromatic heterocycles. The van der Waals surface area contributed by atoms with Crippen LogP contribution >= 0.6 is 0 Å². The van der Waals surface area contributed by atoms with Gasteiger partial charge in [0.25, 0.3) is 0 Å². The molecule has 1 heterocycles. The Labute approximate surface area is 135 Å². The van der Waals surface area contributed by atoms with E-state index in [0.717, 1.165) is 5.56 Å². The van der Waals surface area contributed by atoms with Gasteiger partial charge in [0.1, 0.15) is 11.1 Å². The van der Waals surface area contributed by atoms with Crippen LogP contribution in [0.15, 0.2) is 24.3 Å². The molecular weight excluding hydrogens is 294 g/mol. The van der Waals surface area contributed by atoms with Crippen LogP contribution in [0.5, 0.6) is 0 Å². The number of hydrogen-bond acceptors (Lipinski definition) is 4. The lowest BCUT2D eigenvalue weighted by Crippen LogP contribution is -2.56. The van der Waals surface area contributed by atoms with Crippen molar-refractivity contribution in [2.24, 2.45) is 0 Å². The van der Waals surface area contributed by atoms with Crippen LogP contribution in [-0.2, 0) is 16.0 Å². The maximum absolute atomic E-state index is 12.3. The van der Waals surface area contributed by atoms with Gasteiger partial charge in [0.15, 0.2) is 0 Å². The Bertz CT molecular complexity index is 658. The molecule has 0 aliphatic carbocycles. The van der Waals surface area contributed by atoms with E-state index in [1.54, 1.807) is 39.0 Å². The first kappa shape index (κ1) is 16.8. The van der Waals surface area contributed by atoms with Gasteiger partial charge in [-0.25, -0.2) is 4.79 Å². The number of nitrogens with zero attached hydrogens (tertiary/aromatic N) is 1. The molecule has 1 aromatic carbocycles. The van der Waals surface area contributed by atoms with Crippen molar-refractivity contribution in [3.63, 3.8) is 0 Å². The number of rotatable bonds is 3. The van der Waals surface area contributed by atoms with Crippen molar-refractivity contribution in [1.29, 1.82) is 5.26 Å². The van der Waals surface area contributed by atoms with E-state index in [4.69, 9.17) is 10.00 Å². The van der Waals surface area contributed by atoms with Crippen LogP contribution in [-0.4, -0.2) is 29.7 Å². The third-order valence-electron chi connectivity index (χ3n) is 3.57. The molecule has 0 radical (unpaired) electrons. The van der Waals surface area contributed by atoms with Crippen molar-refractivity contribution in [2.45, 2.75) is 44.8 Å². The van der Waals surface area contributed by atoms with E-state index in [1.807, 2.05) is 6.07 Å². The van der Waals surface area contributed by atoms with Crippen molar-refractivity contribution in [2.75, 3.05) is 6.54 Å². The fourth-order valence-corrected chi connectivity index (χ4v) is 2.60. The van der Waals surface area contributed by atoms with E-state index in [1.165, 1.54) is 0 Å². The summed E-state index contributed by atoms with van der Waals surface area (Å²) < 4.78 is 5.27. The predicted octanol–water partition coefficient (Wildman–Crippen LogP) is 1.88. The zero-order chi connectivity index (χ0) is 17.1. The number of alkyl carbamates (subject to hydrolysis) is 1.